The molecule has 7 nitrogen and oxygen atoms in total. The lowest BCUT2D eigenvalue weighted by atomic mass is 10.0. The van der Waals surface area contributed by atoms with Gasteiger partial charge in [0.1, 0.15) is 11.5 Å². The van der Waals surface area contributed by atoms with Crippen LogP contribution in [0.15, 0.2) is 68.4 Å². The maximum atomic E-state index is 12.7. The highest BCUT2D eigenvalue weighted by Crippen LogP contribution is 2.34. The Balaban J connectivity index is 1.51. The molecule has 0 unspecified atom stereocenters. The average molecular weight is 526 g/mol. The predicted octanol–water partition coefficient (Wildman–Crippen LogP) is 5.63. The molecule has 4 rings (SSSR count). The molecule has 0 aliphatic carbocycles. The molecule has 1 aromatic heterocycles. The minimum absolute atomic E-state index is 0.155. The number of aryl methyl sites for hydroxylation is 1. The van der Waals surface area contributed by atoms with E-state index in [1.54, 1.807) is 55.5 Å². The van der Waals surface area contributed by atoms with Crippen molar-refractivity contribution < 1.29 is 28.7 Å². The van der Waals surface area contributed by atoms with Crippen LogP contribution in [0.3, 0.4) is 0 Å². The zero-order valence-electron chi connectivity index (χ0n) is 17.2. The quantitative estimate of drug-likeness (QED) is 0.328. The maximum Gasteiger partial charge on any atom is 0.335 e. The first-order valence-electron chi connectivity index (χ1n) is 9.71. The topological polar surface area (TPSA) is 105 Å². The van der Waals surface area contributed by atoms with E-state index in [9.17, 15) is 19.2 Å². The number of carbonyl (C=O) groups is 4. The van der Waals surface area contributed by atoms with Crippen LogP contribution in [0.4, 0.5) is 4.79 Å². The number of ketones is 1. The third-order valence-corrected chi connectivity index (χ3v) is 6.42. The normalized spacial score (nSPS) is 14.8. The van der Waals surface area contributed by atoms with Crippen LogP contribution in [0.25, 0.3) is 17.4 Å². The van der Waals surface area contributed by atoms with Gasteiger partial charge in [-0.2, -0.15) is 0 Å². The van der Waals surface area contributed by atoms with Crippen LogP contribution in [0, 0.1) is 6.92 Å². The summed E-state index contributed by atoms with van der Waals surface area (Å²) in [4.78, 5) is 49.8. The van der Waals surface area contributed by atoms with Crippen LogP contribution in [-0.2, 0) is 4.79 Å². The predicted molar refractivity (Wildman–Crippen MR) is 127 cm³/mol. The van der Waals surface area contributed by atoms with Crippen LogP contribution < -0.4 is 0 Å². The molecule has 1 aliphatic rings. The van der Waals surface area contributed by atoms with Gasteiger partial charge in [0.15, 0.2) is 5.78 Å². The number of aromatic carboxylic acids is 1. The van der Waals surface area contributed by atoms with E-state index in [1.165, 1.54) is 12.1 Å². The minimum Gasteiger partial charge on any atom is -0.478 e. The van der Waals surface area contributed by atoms with Crippen molar-refractivity contribution in [2.75, 3.05) is 6.54 Å². The van der Waals surface area contributed by atoms with Gasteiger partial charge in [0.2, 0.25) is 0 Å². The Bertz CT molecular complexity index is 1320. The van der Waals surface area contributed by atoms with Gasteiger partial charge < -0.3 is 9.52 Å². The zero-order chi connectivity index (χ0) is 23.7. The molecule has 0 saturated carbocycles. The number of benzene rings is 2. The lowest BCUT2D eigenvalue weighted by Crippen LogP contribution is -2.33. The summed E-state index contributed by atoms with van der Waals surface area (Å²) in [5, 5.41) is 8.59. The SMILES string of the molecule is Cc1cc(C(=O)O)ccc1-c1ccc(/C=C2\SC(=O)N(CC(=O)c3ccc(Br)cc3)C2=O)o1. The Hall–Kier alpha value is -3.43. The van der Waals surface area contributed by atoms with Crippen LogP contribution in [0.5, 0.6) is 0 Å². The second kappa shape index (κ2) is 9.21. The van der Waals surface area contributed by atoms with Gasteiger partial charge in [-0.05, 0) is 60.6 Å². The zero-order valence-corrected chi connectivity index (χ0v) is 19.6. The Morgan fingerprint density at radius 3 is 2.42 bits per heavy atom. The molecular weight excluding hydrogens is 510 g/mol. The van der Waals surface area contributed by atoms with E-state index in [-0.39, 0.29) is 22.8 Å². The van der Waals surface area contributed by atoms with Gasteiger partial charge in [-0.3, -0.25) is 19.3 Å². The molecular formula is C24H16BrNO6S. The molecule has 2 aromatic carbocycles. The van der Waals surface area contributed by atoms with Gasteiger partial charge in [-0.15, -0.1) is 0 Å². The first kappa shape index (κ1) is 22.8. The number of Topliss-reactive ketones (excluding diaryl/α,β-unsaturated/α-hetero) is 1. The lowest BCUT2D eigenvalue weighted by molar-refractivity contribution is -0.122. The lowest BCUT2D eigenvalue weighted by Gasteiger charge is -2.11. The number of carboxylic acid groups (broad SMARTS) is 1. The molecule has 166 valence electrons. The fourth-order valence-corrected chi connectivity index (χ4v) is 4.37. The number of hydrogen-bond donors (Lipinski definition) is 1. The van der Waals surface area contributed by atoms with E-state index in [4.69, 9.17) is 9.52 Å². The third kappa shape index (κ3) is 4.84. The standard InChI is InChI=1S/C24H16BrNO6S/c1-13-10-15(23(29)30)4-8-18(13)20-9-7-17(32-20)11-21-22(28)26(24(31)33-21)12-19(27)14-2-5-16(25)6-3-14/h2-11H,12H2,1H3,(H,29,30)/b21-11-. The van der Waals surface area contributed by atoms with Crippen molar-refractivity contribution in [2.24, 2.45) is 0 Å². The van der Waals surface area contributed by atoms with E-state index in [2.05, 4.69) is 15.9 Å². The molecule has 1 saturated heterocycles. The molecule has 9 heteroatoms. The maximum absolute atomic E-state index is 12.7. The molecule has 0 atom stereocenters. The minimum atomic E-state index is -1.01. The number of imide groups is 1. The molecule has 0 bridgehead atoms. The van der Waals surface area contributed by atoms with E-state index in [0.717, 1.165) is 26.7 Å². The van der Waals surface area contributed by atoms with E-state index in [0.29, 0.717) is 22.6 Å². The van der Waals surface area contributed by atoms with Gasteiger partial charge in [0.05, 0.1) is 17.0 Å². The van der Waals surface area contributed by atoms with Crippen LogP contribution in [-0.4, -0.2) is 39.5 Å². The Labute approximate surface area is 201 Å². The number of carboxylic acids is 1. The van der Waals surface area contributed by atoms with E-state index < -0.39 is 17.1 Å². The second-order valence-corrected chi connectivity index (χ2v) is 9.14. The second-order valence-electron chi connectivity index (χ2n) is 7.23. The van der Waals surface area contributed by atoms with Crippen molar-refractivity contribution in [1.29, 1.82) is 0 Å². The van der Waals surface area contributed by atoms with Crippen molar-refractivity contribution >= 4 is 56.7 Å². The number of amides is 2. The highest BCUT2D eigenvalue weighted by molar-refractivity contribution is 9.10. The van der Waals surface area contributed by atoms with Crippen LogP contribution in [0.2, 0.25) is 0 Å². The summed E-state index contributed by atoms with van der Waals surface area (Å²) in [7, 11) is 0. The first-order chi connectivity index (χ1) is 15.7. The van der Waals surface area contributed by atoms with Crippen molar-refractivity contribution in [3.05, 3.63) is 86.4 Å². The van der Waals surface area contributed by atoms with Crippen molar-refractivity contribution in [2.45, 2.75) is 6.92 Å². The highest BCUT2D eigenvalue weighted by atomic mass is 79.9. The molecule has 3 aromatic rings. The molecule has 1 fully saturated rings. The molecule has 33 heavy (non-hydrogen) atoms. The monoisotopic (exact) mass is 525 g/mol. The summed E-state index contributed by atoms with van der Waals surface area (Å²) in [5.41, 5.74) is 2.02. The summed E-state index contributed by atoms with van der Waals surface area (Å²) < 4.78 is 6.62. The fourth-order valence-electron chi connectivity index (χ4n) is 3.28. The molecule has 1 N–H and O–H groups in total. The number of rotatable bonds is 6. The van der Waals surface area contributed by atoms with Crippen LogP contribution >= 0.6 is 27.7 Å². The summed E-state index contributed by atoms with van der Waals surface area (Å²) in [5.74, 6) is -1.06. The molecule has 2 amide bonds. The number of nitrogens with zero attached hydrogens (tertiary/aromatic N) is 1. The summed E-state index contributed by atoms with van der Waals surface area (Å²) >= 11 is 4.04. The number of carbonyl (C=O) groups excluding carboxylic acids is 3. The van der Waals surface area contributed by atoms with Crippen molar-refractivity contribution in [3.63, 3.8) is 0 Å². The fraction of sp³-hybridized carbons (Fsp3) is 0.0833. The number of thioether (sulfide) groups is 1. The number of furan rings is 1. The van der Waals surface area contributed by atoms with E-state index in [1.807, 2.05) is 0 Å². The Kier molecular flexibility index (Phi) is 6.35. The molecule has 2 heterocycles. The van der Waals surface area contributed by atoms with Crippen molar-refractivity contribution in [3.8, 4) is 11.3 Å². The Morgan fingerprint density at radius 2 is 1.76 bits per heavy atom. The molecule has 1 aliphatic heterocycles. The van der Waals surface area contributed by atoms with E-state index >= 15 is 0 Å². The van der Waals surface area contributed by atoms with Gasteiger partial charge in [0.25, 0.3) is 11.1 Å². The van der Waals surface area contributed by atoms with Gasteiger partial charge in [-0.25, -0.2) is 4.79 Å². The number of halogens is 1. The smallest absolute Gasteiger partial charge is 0.335 e. The van der Waals surface area contributed by atoms with Crippen molar-refractivity contribution in [1.82, 2.24) is 4.90 Å². The van der Waals surface area contributed by atoms with Gasteiger partial charge >= 0.3 is 5.97 Å². The first-order valence-corrected chi connectivity index (χ1v) is 11.3. The third-order valence-electron chi connectivity index (χ3n) is 4.98. The summed E-state index contributed by atoms with van der Waals surface area (Å²) in [6.45, 7) is 1.43. The number of hydrogen-bond acceptors (Lipinski definition) is 6. The molecule has 0 spiro atoms. The van der Waals surface area contributed by atoms with Crippen LogP contribution in [0.1, 0.15) is 32.0 Å². The summed E-state index contributed by atoms with van der Waals surface area (Å²) in [6, 6.07) is 14.7. The summed E-state index contributed by atoms with van der Waals surface area (Å²) in [6.07, 6.45) is 1.46. The average Bonchev–Trinajstić information content (AvgIpc) is 3.34. The largest absolute Gasteiger partial charge is 0.478 e. The molecule has 0 radical (unpaired) electrons. The highest BCUT2D eigenvalue weighted by Gasteiger charge is 2.36. The van der Waals surface area contributed by atoms with Gasteiger partial charge in [0, 0.05) is 21.7 Å². The Morgan fingerprint density at radius 1 is 1.06 bits per heavy atom. The van der Waals surface area contributed by atoms with Gasteiger partial charge in [-0.1, -0.05) is 34.1 Å².